The average Bonchev–Trinajstić information content (AvgIpc) is 3.46. The third kappa shape index (κ3) is 3.78. The van der Waals surface area contributed by atoms with Gasteiger partial charge in [-0.25, -0.2) is 8.42 Å². The summed E-state index contributed by atoms with van der Waals surface area (Å²) in [5, 5.41) is 6.67. The molecule has 30 heavy (non-hydrogen) atoms. The normalized spacial score (nSPS) is 13.7. The molecule has 1 aromatic carbocycles. The molecule has 0 spiro atoms. The van der Waals surface area contributed by atoms with Gasteiger partial charge in [0.1, 0.15) is 15.6 Å². The molecular weight excluding hydrogens is 422 g/mol. The topological polar surface area (TPSA) is 92.5 Å². The van der Waals surface area contributed by atoms with Crippen LogP contribution in [0.15, 0.2) is 45.1 Å². The Morgan fingerprint density at radius 3 is 2.87 bits per heavy atom. The molecule has 0 bridgehead atoms. The standard InChI is InChI=1S/C21H21N3O4S2/c1-3-19(25)22-21-14(2)23-28-18(21)10-8-16-9-11-20(29-16)30(26,27)24-13-12-15-6-4-5-7-17(15)24/h4-11H,3,12-13H2,1-2H3,(H,22,25). The first-order valence-corrected chi connectivity index (χ1v) is 11.8. The van der Waals surface area contributed by atoms with E-state index in [9.17, 15) is 13.2 Å². The molecule has 1 aliphatic rings. The lowest BCUT2D eigenvalue weighted by Gasteiger charge is -2.18. The number of thiophene rings is 1. The van der Waals surface area contributed by atoms with Crippen LogP contribution in [0.4, 0.5) is 11.4 Å². The number of nitrogens with zero attached hydrogens (tertiary/aromatic N) is 2. The van der Waals surface area contributed by atoms with Crippen LogP contribution in [0.2, 0.25) is 0 Å². The average molecular weight is 444 g/mol. The molecule has 156 valence electrons. The molecule has 0 atom stereocenters. The van der Waals surface area contributed by atoms with Crippen LogP contribution in [0.25, 0.3) is 12.2 Å². The number of hydrogen-bond acceptors (Lipinski definition) is 6. The van der Waals surface area contributed by atoms with Crippen LogP contribution in [0, 0.1) is 6.92 Å². The maximum absolute atomic E-state index is 13.1. The number of amides is 1. The van der Waals surface area contributed by atoms with Crippen molar-refractivity contribution in [2.75, 3.05) is 16.2 Å². The van der Waals surface area contributed by atoms with Crippen molar-refractivity contribution < 1.29 is 17.7 Å². The fourth-order valence-corrected chi connectivity index (χ4v) is 6.11. The largest absolute Gasteiger partial charge is 0.354 e. The highest BCUT2D eigenvalue weighted by molar-refractivity contribution is 7.94. The van der Waals surface area contributed by atoms with Gasteiger partial charge < -0.3 is 9.84 Å². The van der Waals surface area contributed by atoms with E-state index in [1.165, 1.54) is 15.6 Å². The molecule has 0 unspecified atom stereocenters. The zero-order valence-corrected chi connectivity index (χ0v) is 18.2. The second kappa shape index (κ2) is 8.08. The van der Waals surface area contributed by atoms with Crippen molar-refractivity contribution in [2.24, 2.45) is 0 Å². The molecule has 0 aliphatic carbocycles. The number of nitrogens with one attached hydrogen (secondary N) is 1. The number of sulfonamides is 1. The first-order valence-electron chi connectivity index (χ1n) is 9.55. The number of benzene rings is 1. The number of aromatic nitrogens is 1. The maximum Gasteiger partial charge on any atom is 0.273 e. The second-order valence-corrected chi connectivity index (χ2v) is 10.1. The minimum atomic E-state index is -3.61. The van der Waals surface area contributed by atoms with Crippen LogP contribution < -0.4 is 9.62 Å². The minimum absolute atomic E-state index is 0.133. The van der Waals surface area contributed by atoms with E-state index in [0.717, 1.165) is 16.1 Å². The van der Waals surface area contributed by atoms with Gasteiger partial charge in [-0.1, -0.05) is 30.3 Å². The number of aryl methyl sites for hydroxylation is 1. The lowest BCUT2D eigenvalue weighted by Crippen LogP contribution is -2.28. The summed E-state index contributed by atoms with van der Waals surface area (Å²) >= 11 is 1.19. The molecule has 0 radical (unpaired) electrons. The van der Waals surface area contributed by atoms with Crippen LogP contribution in [0.3, 0.4) is 0 Å². The van der Waals surface area contributed by atoms with Crippen molar-refractivity contribution in [2.45, 2.75) is 30.9 Å². The Morgan fingerprint density at radius 2 is 2.07 bits per heavy atom. The molecule has 4 rings (SSSR count). The van der Waals surface area contributed by atoms with E-state index in [1.807, 2.05) is 24.3 Å². The van der Waals surface area contributed by atoms with E-state index in [4.69, 9.17) is 4.52 Å². The minimum Gasteiger partial charge on any atom is -0.354 e. The summed E-state index contributed by atoms with van der Waals surface area (Å²) in [6.07, 6.45) is 4.49. The summed E-state index contributed by atoms with van der Waals surface area (Å²) < 4.78 is 33.3. The number of carbonyl (C=O) groups is 1. The third-order valence-electron chi connectivity index (χ3n) is 4.86. The zero-order chi connectivity index (χ0) is 21.3. The fourth-order valence-electron chi connectivity index (χ4n) is 3.27. The summed E-state index contributed by atoms with van der Waals surface area (Å²) in [5.74, 6) is 0.284. The van der Waals surface area contributed by atoms with Gasteiger partial charge in [0.25, 0.3) is 10.0 Å². The molecule has 2 aromatic heterocycles. The van der Waals surface area contributed by atoms with E-state index in [2.05, 4.69) is 10.5 Å². The smallest absolute Gasteiger partial charge is 0.273 e. The van der Waals surface area contributed by atoms with Gasteiger partial charge in [-0.3, -0.25) is 9.10 Å². The van der Waals surface area contributed by atoms with Crippen LogP contribution in [-0.4, -0.2) is 26.0 Å². The Morgan fingerprint density at radius 1 is 1.27 bits per heavy atom. The second-order valence-electron chi connectivity index (χ2n) is 6.85. The third-order valence-corrected chi connectivity index (χ3v) is 8.20. The molecule has 0 fully saturated rings. The molecule has 1 amide bonds. The summed E-state index contributed by atoms with van der Waals surface area (Å²) in [6, 6.07) is 10.9. The van der Waals surface area contributed by atoms with Crippen LogP contribution in [-0.2, 0) is 21.2 Å². The van der Waals surface area contributed by atoms with E-state index < -0.39 is 10.0 Å². The molecule has 0 saturated carbocycles. The monoisotopic (exact) mass is 443 g/mol. The highest BCUT2D eigenvalue weighted by Gasteiger charge is 2.31. The zero-order valence-electron chi connectivity index (χ0n) is 16.6. The van der Waals surface area contributed by atoms with Gasteiger partial charge in [-0.2, -0.15) is 0 Å². The van der Waals surface area contributed by atoms with Crippen molar-refractivity contribution >= 4 is 50.8 Å². The summed E-state index contributed by atoms with van der Waals surface area (Å²) in [7, 11) is -3.61. The van der Waals surface area contributed by atoms with E-state index >= 15 is 0 Å². The summed E-state index contributed by atoms with van der Waals surface area (Å²) in [6.45, 7) is 3.96. The fraction of sp³-hybridized carbons (Fsp3) is 0.238. The number of fused-ring (bicyclic) bond motifs is 1. The van der Waals surface area contributed by atoms with E-state index in [1.54, 1.807) is 38.1 Å². The molecule has 3 aromatic rings. The van der Waals surface area contributed by atoms with Crippen LogP contribution >= 0.6 is 11.3 Å². The number of para-hydroxylation sites is 1. The van der Waals surface area contributed by atoms with Crippen molar-refractivity contribution in [3.8, 4) is 0 Å². The van der Waals surface area contributed by atoms with Crippen molar-refractivity contribution in [3.63, 3.8) is 0 Å². The predicted molar refractivity (Wildman–Crippen MR) is 118 cm³/mol. The molecule has 1 N–H and O–H groups in total. The summed E-state index contributed by atoms with van der Waals surface area (Å²) in [4.78, 5) is 12.5. The Bertz CT molecular complexity index is 1220. The Kier molecular flexibility index (Phi) is 5.48. The van der Waals surface area contributed by atoms with Gasteiger partial charge in [-0.15, -0.1) is 11.3 Å². The van der Waals surface area contributed by atoms with Crippen molar-refractivity contribution in [1.82, 2.24) is 5.16 Å². The maximum atomic E-state index is 13.1. The van der Waals surface area contributed by atoms with Crippen LogP contribution in [0.5, 0.6) is 0 Å². The number of hydrogen-bond donors (Lipinski definition) is 1. The Balaban J connectivity index is 1.56. The molecule has 1 aliphatic heterocycles. The number of carbonyl (C=O) groups excluding carboxylic acids is 1. The van der Waals surface area contributed by atoms with Crippen molar-refractivity contribution in [1.29, 1.82) is 0 Å². The van der Waals surface area contributed by atoms with Gasteiger partial charge >= 0.3 is 0 Å². The van der Waals surface area contributed by atoms with Gasteiger partial charge in [0, 0.05) is 17.8 Å². The number of anilines is 2. The molecule has 7 nitrogen and oxygen atoms in total. The van der Waals surface area contributed by atoms with Gasteiger partial charge in [0.05, 0.1) is 5.69 Å². The van der Waals surface area contributed by atoms with Gasteiger partial charge in [0.2, 0.25) is 5.91 Å². The Hall–Kier alpha value is -2.91. The highest BCUT2D eigenvalue weighted by atomic mass is 32.2. The highest BCUT2D eigenvalue weighted by Crippen LogP contribution is 2.35. The first kappa shape index (κ1) is 20.4. The van der Waals surface area contributed by atoms with E-state index in [0.29, 0.717) is 36.5 Å². The number of rotatable bonds is 6. The van der Waals surface area contributed by atoms with Crippen LogP contribution in [0.1, 0.15) is 35.2 Å². The molecule has 0 saturated heterocycles. The van der Waals surface area contributed by atoms with Crippen molar-refractivity contribution in [3.05, 3.63) is 58.3 Å². The lowest BCUT2D eigenvalue weighted by molar-refractivity contribution is -0.115. The Labute approximate surface area is 179 Å². The van der Waals surface area contributed by atoms with Gasteiger partial charge in [0.15, 0.2) is 5.76 Å². The quantitative estimate of drug-likeness (QED) is 0.613. The molecular formula is C21H21N3O4S2. The first-order chi connectivity index (χ1) is 14.4. The summed E-state index contributed by atoms with van der Waals surface area (Å²) in [5.41, 5.74) is 2.89. The lowest BCUT2D eigenvalue weighted by atomic mass is 10.2. The predicted octanol–water partition coefficient (Wildman–Crippen LogP) is 4.31. The molecule has 9 heteroatoms. The molecule has 3 heterocycles. The van der Waals surface area contributed by atoms with Gasteiger partial charge in [-0.05, 0) is 49.3 Å². The van der Waals surface area contributed by atoms with E-state index in [-0.39, 0.29) is 10.1 Å². The SMILES string of the molecule is CCC(=O)Nc1c(C)noc1C=Cc1ccc(S(=O)(=O)N2CCc3ccccc32)s1.